The molecule has 0 unspecified atom stereocenters. The van der Waals surface area contributed by atoms with Gasteiger partial charge in [0.1, 0.15) is 7.06 Å². The summed E-state index contributed by atoms with van der Waals surface area (Å²) in [5, 5.41) is 0. The van der Waals surface area contributed by atoms with E-state index in [2.05, 4.69) is 24.3 Å². The van der Waals surface area contributed by atoms with Crippen molar-refractivity contribution in [2.75, 3.05) is 0 Å². The lowest BCUT2D eigenvalue weighted by Gasteiger charge is -2.04. The minimum Gasteiger partial charge on any atom is -0.0706 e. The van der Waals surface area contributed by atoms with E-state index in [9.17, 15) is 0 Å². The fraction of sp³-hybridized carbons (Fsp3) is 0. The summed E-state index contributed by atoms with van der Waals surface area (Å²) in [4.78, 5) is 2.32. The van der Waals surface area contributed by atoms with E-state index < -0.39 is 0 Å². The van der Waals surface area contributed by atoms with Crippen LogP contribution >= 0.6 is 69.5 Å². The van der Waals surface area contributed by atoms with Gasteiger partial charge in [0.25, 0.3) is 0 Å². The molecule has 0 amide bonds. The number of benzene rings is 2. The van der Waals surface area contributed by atoms with Crippen LogP contribution in [0.5, 0.6) is 0 Å². The van der Waals surface area contributed by atoms with Gasteiger partial charge in [-0.3, -0.25) is 0 Å². The van der Waals surface area contributed by atoms with E-state index in [1.165, 1.54) is 0 Å². The highest BCUT2D eigenvalue weighted by atomic mass is 33.1. The zero-order valence-electron chi connectivity index (χ0n) is 10.2. The van der Waals surface area contributed by atoms with Gasteiger partial charge in [-0.1, -0.05) is 84.4 Å². The molecular weight excluding hydrogens is 361 g/mol. The number of hydrogen-bond donors (Lipinski definition) is 0. The van der Waals surface area contributed by atoms with Gasteiger partial charge in [0.15, 0.2) is 0 Å². The van der Waals surface area contributed by atoms with E-state index in [1.54, 1.807) is 45.1 Å². The van der Waals surface area contributed by atoms with E-state index in [1.807, 2.05) is 36.4 Å². The molecule has 0 aliphatic rings. The van der Waals surface area contributed by atoms with Crippen LogP contribution in [0.25, 0.3) is 0 Å². The maximum atomic E-state index is 5.36. The van der Waals surface area contributed by atoms with Gasteiger partial charge in [-0.25, -0.2) is 0 Å². The number of rotatable bonds is 2. The zero-order valence-corrected chi connectivity index (χ0v) is 15.1. The predicted octanol–water partition coefficient (Wildman–Crippen LogP) is 6.52. The summed E-state index contributed by atoms with van der Waals surface area (Å²) >= 11 is 13.9. The molecule has 0 nitrogen and oxygen atoms in total. The molecule has 6 heteroatoms. The van der Waals surface area contributed by atoms with E-state index in [4.69, 9.17) is 24.4 Å². The topological polar surface area (TPSA) is 0 Å². The van der Waals surface area contributed by atoms with E-state index in [-0.39, 0.29) is 0 Å². The van der Waals surface area contributed by atoms with Crippen LogP contribution in [0.2, 0.25) is 0 Å². The maximum Gasteiger partial charge on any atom is 0.119 e. The SMILES string of the molecule is S=C(SSC(=S)Sc1ccccc1)Sc1ccccc1. The van der Waals surface area contributed by atoms with Crippen LogP contribution in [0, 0.1) is 0 Å². The van der Waals surface area contributed by atoms with E-state index in [0.29, 0.717) is 0 Å². The minimum atomic E-state index is 0.872. The van der Waals surface area contributed by atoms with Crippen LogP contribution in [0.4, 0.5) is 0 Å². The number of thioether (sulfide) groups is 2. The summed E-state index contributed by atoms with van der Waals surface area (Å²) in [6.07, 6.45) is 0. The second-order valence-electron chi connectivity index (χ2n) is 3.50. The molecular formula is C14H10S6. The Morgan fingerprint density at radius 1 is 0.600 bits per heavy atom. The summed E-state index contributed by atoms with van der Waals surface area (Å²) in [6.45, 7) is 0. The molecule has 0 saturated carbocycles. The molecule has 0 spiro atoms. The van der Waals surface area contributed by atoms with Crippen LogP contribution < -0.4 is 0 Å². The Hall–Kier alpha value is 0.0200. The Morgan fingerprint density at radius 2 is 0.950 bits per heavy atom. The van der Waals surface area contributed by atoms with Gasteiger partial charge < -0.3 is 0 Å². The Labute approximate surface area is 146 Å². The molecule has 0 N–H and O–H groups in total. The van der Waals surface area contributed by atoms with Gasteiger partial charge >= 0.3 is 0 Å². The van der Waals surface area contributed by atoms with Crippen LogP contribution in [-0.4, -0.2) is 7.06 Å². The standard InChI is InChI=1S/C14H10S6/c15-13(17-11-7-3-1-4-8-11)19-20-14(16)18-12-9-5-2-6-10-12/h1-10H. The maximum absolute atomic E-state index is 5.36. The van der Waals surface area contributed by atoms with Crippen molar-refractivity contribution < 1.29 is 0 Å². The number of hydrogen-bond acceptors (Lipinski definition) is 6. The average molecular weight is 371 g/mol. The van der Waals surface area contributed by atoms with Gasteiger partial charge in [-0.15, -0.1) is 0 Å². The van der Waals surface area contributed by atoms with E-state index >= 15 is 0 Å². The highest BCUT2D eigenvalue weighted by molar-refractivity contribution is 8.96. The molecule has 0 saturated heterocycles. The van der Waals surface area contributed by atoms with Gasteiger partial charge in [-0.05, 0) is 45.9 Å². The van der Waals surface area contributed by atoms with Crippen molar-refractivity contribution in [3.05, 3.63) is 60.7 Å². The quantitative estimate of drug-likeness (QED) is 0.333. The van der Waals surface area contributed by atoms with Crippen molar-refractivity contribution in [2.45, 2.75) is 9.79 Å². The zero-order chi connectivity index (χ0) is 14.2. The molecule has 102 valence electrons. The van der Waals surface area contributed by atoms with Crippen molar-refractivity contribution >= 4 is 76.6 Å². The first-order valence-corrected chi connectivity index (χ1v) is 10.2. The lowest BCUT2D eigenvalue weighted by Crippen LogP contribution is -1.81. The summed E-state index contributed by atoms with van der Waals surface area (Å²) < 4.78 is 1.74. The second-order valence-corrected chi connectivity index (χ2v) is 10.2. The summed E-state index contributed by atoms with van der Waals surface area (Å²) in [5.74, 6) is 0. The van der Waals surface area contributed by atoms with Crippen LogP contribution in [0.15, 0.2) is 70.5 Å². The van der Waals surface area contributed by atoms with Crippen LogP contribution in [0.1, 0.15) is 0 Å². The van der Waals surface area contributed by atoms with E-state index in [0.717, 1.165) is 16.8 Å². The molecule has 0 aromatic heterocycles. The average Bonchev–Trinajstić information content (AvgIpc) is 2.47. The van der Waals surface area contributed by atoms with Gasteiger partial charge in [0, 0.05) is 9.79 Å². The van der Waals surface area contributed by atoms with Crippen LogP contribution in [0.3, 0.4) is 0 Å². The monoisotopic (exact) mass is 370 g/mol. The highest BCUT2D eigenvalue weighted by Crippen LogP contribution is 2.38. The first-order valence-electron chi connectivity index (χ1n) is 5.62. The fourth-order valence-corrected chi connectivity index (χ4v) is 6.05. The lowest BCUT2D eigenvalue weighted by molar-refractivity contribution is 1.48. The third kappa shape index (κ3) is 6.20. The highest BCUT2D eigenvalue weighted by Gasteiger charge is 2.06. The Morgan fingerprint density at radius 3 is 1.30 bits per heavy atom. The molecule has 20 heavy (non-hydrogen) atoms. The molecule has 0 heterocycles. The van der Waals surface area contributed by atoms with Crippen molar-refractivity contribution in [3.8, 4) is 0 Å². The summed E-state index contributed by atoms with van der Waals surface area (Å²) in [7, 11) is 3.10. The fourth-order valence-electron chi connectivity index (χ4n) is 1.27. The third-order valence-electron chi connectivity index (χ3n) is 2.07. The number of thiocarbonyl (C=S) groups is 2. The second kappa shape index (κ2) is 9.12. The smallest absolute Gasteiger partial charge is 0.0706 e. The van der Waals surface area contributed by atoms with Crippen molar-refractivity contribution in [2.24, 2.45) is 0 Å². The molecule has 0 radical (unpaired) electrons. The molecule has 0 aliphatic heterocycles. The first-order chi connectivity index (χ1) is 9.74. The normalized spacial score (nSPS) is 10.2. The Bertz CT molecular complexity index is 513. The molecule has 2 aromatic carbocycles. The van der Waals surface area contributed by atoms with Crippen LogP contribution in [-0.2, 0) is 0 Å². The van der Waals surface area contributed by atoms with Crippen molar-refractivity contribution in [1.29, 1.82) is 0 Å². The molecule has 2 aromatic rings. The van der Waals surface area contributed by atoms with Crippen molar-refractivity contribution in [3.63, 3.8) is 0 Å². The molecule has 0 fully saturated rings. The molecule has 0 atom stereocenters. The minimum absolute atomic E-state index is 0.872. The third-order valence-corrected chi connectivity index (χ3v) is 8.29. The predicted molar refractivity (Wildman–Crippen MR) is 105 cm³/mol. The molecule has 0 bridgehead atoms. The van der Waals surface area contributed by atoms with Crippen molar-refractivity contribution in [1.82, 2.24) is 0 Å². The summed E-state index contributed by atoms with van der Waals surface area (Å²) in [6, 6.07) is 20.3. The molecule has 0 aliphatic carbocycles. The van der Waals surface area contributed by atoms with Gasteiger partial charge in [0.2, 0.25) is 0 Å². The largest absolute Gasteiger partial charge is 0.119 e. The first kappa shape index (κ1) is 16.4. The molecule has 2 rings (SSSR count). The lowest BCUT2D eigenvalue weighted by atomic mass is 10.4. The summed E-state index contributed by atoms with van der Waals surface area (Å²) in [5.41, 5.74) is 0. The Balaban J connectivity index is 1.75. The van der Waals surface area contributed by atoms with Gasteiger partial charge in [-0.2, -0.15) is 0 Å². The Kier molecular flexibility index (Phi) is 7.48. The van der Waals surface area contributed by atoms with Gasteiger partial charge in [0.05, 0.1) is 0 Å².